The predicted octanol–water partition coefficient (Wildman–Crippen LogP) is 3.43. The van der Waals surface area contributed by atoms with Gasteiger partial charge < -0.3 is 20.1 Å². The average Bonchev–Trinajstić information content (AvgIpc) is 3.48. The van der Waals surface area contributed by atoms with Gasteiger partial charge in [0, 0.05) is 36.0 Å². The van der Waals surface area contributed by atoms with Gasteiger partial charge in [0.15, 0.2) is 0 Å². The van der Waals surface area contributed by atoms with Gasteiger partial charge in [-0.25, -0.2) is 10.2 Å². The van der Waals surface area contributed by atoms with Crippen molar-refractivity contribution in [2.75, 3.05) is 6.61 Å². The number of cyclic esters (lactones) is 1. The number of nitrogens with one attached hydrogen (secondary N) is 1. The first-order chi connectivity index (χ1) is 19.1. The molecule has 5 aliphatic rings. The first kappa shape index (κ1) is 27.6. The maximum atomic E-state index is 12.7. The molecule has 6 rings (SSSR count). The van der Waals surface area contributed by atoms with E-state index in [0.717, 1.165) is 30.4 Å². The summed E-state index contributed by atoms with van der Waals surface area (Å²) in [4.78, 5) is 24.5. The summed E-state index contributed by atoms with van der Waals surface area (Å²) in [5, 5.41) is 39.6. The smallest absolute Gasteiger partial charge is 0.331 e. The molecule has 8 nitrogen and oxygen atoms in total. The van der Waals surface area contributed by atoms with Crippen molar-refractivity contribution >= 4 is 18.1 Å². The Hall–Kier alpha value is -2.55. The highest BCUT2D eigenvalue weighted by molar-refractivity contribution is 5.85. The molecule has 0 radical (unpaired) electrons. The summed E-state index contributed by atoms with van der Waals surface area (Å²) in [6.45, 7) is 2.48. The molecule has 4 saturated carbocycles. The topological polar surface area (TPSA) is 128 Å². The number of aryl methyl sites for hydroxylation is 1. The largest absolute Gasteiger partial charge is 0.458 e. The van der Waals surface area contributed by atoms with Crippen LogP contribution in [0.4, 0.5) is 0 Å². The number of hydrogen-bond donors (Lipinski definition) is 4. The summed E-state index contributed by atoms with van der Waals surface area (Å²) in [6, 6.07) is 9.85. The number of benzene rings is 1. The number of hydrogen-bond acceptors (Lipinski definition) is 7. The fraction of sp³-hybridized carbons (Fsp3) is 0.656. The van der Waals surface area contributed by atoms with Crippen molar-refractivity contribution in [1.29, 1.82) is 0 Å². The molecule has 0 aromatic heterocycles. The third-order valence-corrected chi connectivity index (χ3v) is 11.6. The number of hydrazone groups is 1. The van der Waals surface area contributed by atoms with Gasteiger partial charge in [0.1, 0.15) is 6.61 Å². The Bertz CT molecular complexity index is 1220. The minimum absolute atomic E-state index is 0.0315. The monoisotopic (exact) mass is 550 g/mol. The number of carbonyl (C=O) groups excluding carboxylic acids is 2. The summed E-state index contributed by atoms with van der Waals surface area (Å²) >= 11 is 0. The molecule has 216 valence electrons. The molecule has 1 heterocycles. The van der Waals surface area contributed by atoms with Crippen LogP contribution in [-0.2, 0) is 20.7 Å². The molecule has 40 heavy (non-hydrogen) atoms. The maximum Gasteiger partial charge on any atom is 0.331 e. The van der Waals surface area contributed by atoms with Crippen LogP contribution in [-0.4, -0.2) is 57.3 Å². The quantitative estimate of drug-likeness (QED) is 0.244. The van der Waals surface area contributed by atoms with Gasteiger partial charge in [-0.1, -0.05) is 37.3 Å². The van der Waals surface area contributed by atoms with E-state index >= 15 is 0 Å². The Morgan fingerprint density at radius 2 is 1.85 bits per heavy atom. The second kappa shape index (κ2) is 10.1. The van der Waals surface area contributed by atoms with Crippen LogP contribution in [0.25, 0.3) is 0 Å². The van der Waals surface area contributed by atoms with Crippen molar-refractivity contribution in [1.82, 2.24) is 5.43 Å². The molecule has 8 atom stereocenters. The van der Waals surface area contributed by atoms with Crippen LogP contribution in [0.3, 0.4) is 0 Å². The van der Waals surface area contributed by atoms with Crippen LogP contribution in [0.2, 0.25) is 0 Å². The number of carbonyl (C=O) groups is 2. The van der Waals surface area contributed by atoms with E-state index < -0.39 is 22.7 Å². The van der Waals surface area contributed by atoms with E-state index in [9.17, 15) is 24.9 Å². The summed E-state index contributed by atoms with van der Waals surface area (Å²) in [6.07, 6.45) is 9.25. The molecule has 4 aliphatic carbocycles. The van der Waals surface area contributed by atoms with Gasteiger partial charge >= 0.3 is 5.97 Å². The number of rotatable bonds is 6. The molecule has 1 aromatic carbocycles. The Labute approximate surface area is 235 Å². The van der Waals surface area contributed by atoms with Crippen molar-refractivity contribution in [2.45, 2.75) is 94.9 Å². The fourth-order valence-corrected chi connectivity index (χ4v) is 9.54. The van der Waals surface area contributed by atoms with E-state index in [1.54, 1.807) is 12.3 Å². The minimum Gasteiger partial charge on any atom is -0.458 e. The van der Waals surface area contributed by atoms with Gasteiger partial charge in [-0.05, 0) is 86.7 Å². The Balaban J connectivity index is 1.25. The van der Waals surface area contributed by atoms with Crippen LogP contribution in [0, 0.1) is 28.6 Å². The maximum absolute atomic E-state index is 12.7. The third-order valence-electron chi connectivity index (χ3n) is 11.6. The highest BCUT2D eigenvalue weighted by Crippen LogP contribution is 2.70. The lowest BCUT2D eigenvalue weighted by molar-refractivity contribution is -0.237. The lowest BCUT2D eigenvalue weighted by atomic mass is 9.41. The molecule has 4 fully saturated rings. The molecule has 1 aliphatic heterocycles. The van der Waals surface area contributed by atoms with Gasteiger partial charge in [0.25, 0.3) is 0 Å². The number of aliphatic hydroxyl groups excluding tert-OH is 1. The number of fused-ring (bicyclic) bond motifs is 5. The summed E-state index contributed by atoms with van der Waals surface area (Å²) in [5.41, 5.74) is 1.55. The number of esters is 1. The first-order valence-corrected chi connectivity index (χ1v) is 15.0. The highest BCUT2D eigenvalue weighted by atomic mass is 16.5. The van der Waals surface area contributed by atoms with Crippen molar-refractivity contribution in [3.8, 4) is 0 Å². The first-order valence-electron chi connectivity index (χ1n) is 15.0. The average molecular weight is 551 g/mol. The van der Waals surface area contributed by atoms with E-state index in [2.05, 4.69) is 17.5 Å². The molecule has 0 spiro atoms. The lowest BCUT2D eigenvalue weighted by Crippen LogP contribution is -2.68. The third kappa shape index (κ3) is 4.25. The molecular formula is C32H42N2O6. The van der Waals surface area contributed by atoms with Crippen molar-refractivity contribution in [3.63, 3.8) is 0 Å². The van der Waals surface area contributed by atoms with Crippen molar-refractivity contribution < 1.29 is 29.6 Å². The summed E-state index contributed by atoms with van der Waals surface area (Å²) in [7, 11) is 0. The van der Waals surface area contributed by atoms with Crippen LogP contribution < -0.4 is 5.43 Å². The van der Waals surface area contributed by atoms with Crippen molar-refractivity contribution in [3.05, 3.63) is 47.5 Å². The fourth-order valence-electron chi connectivity index (χ4n) is 9.54. The minimum atomic E-state index is -1.15. The number of ether oxygens (including phenoxy) is 1. The number of aliphatic hydroxyl groups is 3. The molecule has 4 N–H and O–H groups in total. The Kier molecular flexibility index (Phi) is 6.95. The van der Waals surface area contributed by atoms with Crippen molar-refractivity contribution in [2.24, 2.45) is 33.7 Å². The van der Waals surface area contributed by atoms with Gasteiger partial charge in [-0.15, -0.1) is 0 Å². The van der Waals surface area contributed by atoms with E-state index in [1.807, 2.05) is 30.3 Å². The second-order valence-corrected chi connectivity index (χ2v) is 13.3. The molecule has 1 amide bonds. The standard InChI is InChI=1S/C32H42N2O6/c1-29-13-10-25-26(32(29,39)16-12-24(29)22-17-28(37)40-19-22)11-15-31(38)18-23(35)9-14-30(25,31)20-33-34-27(36)8-7-21-5-3-2-4-6-21/h2-6,17,20,23-26,35,38-39H,7-16,18-19H2,1H3,(H,34,36)/b33-20+/t23-,24?,25+,26-,29?,30?,31?,32?/m1/s1. The second-order valence-electron chi connectivity index (χ2n) is 13.3. The van der Waals surface area contributed by atoms with Crippen LogP contribution >= 0.6 is 0 Å². The lowest BCUT2D eigenvalue weighted by Gasteiger charge is -2.65. The van der Waals surface area contributed by atoms with E-state index in [-0.39, 0.29) is 41.5 Å². The van der Waals surface area contributed by atoms with Gasteiger partial charge in [0.05, 0.1) is 17.3 Å². The highest BCUT2D eigenvalue weighted by Gasteiger charge is 2.71. The molecule has 5 unspecified atom stereocenters. The van der Waals surface area contributed by atoms with Crippen LogP contribution in [0.5, 0.6) is 0 Å². The van der Waals surface area contributed by atoms with Gasteiger partial charge in [0.2, 0.25) is 5.91 Å². The van der Waals surface area contributed by atoms with Gasteiger partial charge in [-0.3, -0.25) is 4.79 Å². The molecule has 0 bridgehead atoms. The molecular weight excluding hydrogens is 508 g/mol. The summed E-state index contributed by atoms with van der Waals surface area (Å²) < 4.78 is 5.24. The summed E-state index contributed by atoms with van der Waals surface area (Å²) in [5.74, 6) is -0.473. The zero-order valence-corrected chi connectivity index (χ0v) is 23.3. The normalized spacial score (nSPS) is 42.5. The SMILES string of the molecule is CC12CC[C@H]3[C@@H](CCC4(O)C[C@H](O)CCC34/C=N/NC(=O)CCc3ccccc3)C1(O)CCC2C1=CC(=O)OC1. The Morgan fingerprint density at radius 1 is 1.07 bits per heavy atom. The van der Waals surface area contributed by atoms with E-state index in [4.69, 9.17) is 4.74 Å². The zero-order valence-electron chi connectivity index (χ0n) is 23.3. The molecule has 0 saturated heterocycles. The Morgan fingerprint density at radius 3 is 2.60 bits per heavy atom. The number of nitrogens with zero attached hydrogens (tertiary/aromatic N) is 1. The molecule has 1 aromatic rings. The number of amides is 1. The predicted molar refractivity (Wildman–Crippen MR) is 149 cm³/mol. The van der Waals surface area contributed by atoms with Gasteiger partial charge in [-0.2, -0.15) is 5.10 Å². The zero-order chi connectivity index (χ0) is 28.2. The van der Waals surface area contributed by atoms with E-state index in [0.29, 0.717) is 51.6 Å². The van der Waals surface area contributed by atoms with Crippen LogP contribution in [0.1, 0.15) is 76.7 Å². The van der Waals surface area contributed by atoms with E-state index in [1.165, 1.54) is 0 Å². The van der Waals surface area contributed by atoms with Crippen LogP contribution in [0.15, 0.2) is 47.1 Å². The molecule has 8 heteroatoms.